The van der Waals surface area contributed by atoms with Gasteiger partial charge in [0.25, 0.3) is 0 Å². The highest BCUT2D eigenvalue weighted by molar-refractivity contribution is 8.07. The predicted octanol–water partition coefficient (Wildman–Crippen LogP) is 6.27. The molecular formula is C19H25O3PS. The summed E-state index contributed by atoms with van der Waals surface area (Å²) in [6.07, 6.45) is 4.47. The molecule has 0 aliphatic rings. The Bertz CT molecular complexity index is 643. The van der Waals surface area contributed by atoms with Gasteiger partial charge in [-0.25, -0.2) is 0 Å². The number of aryl methyl sites for hydroxylation is 1. The molecule has 0 aromatic heterocycles. The smallest absolute Gasteiger partial charge is 0.416 e. The molecule has 0 saturated heterocycles. The molecular weight excluding hydrogens is 339 g/mol. The molecule has 0 spiro atoms. The van der Waals surface area contributed by atoms with E-state index in [1.54, 1.807) is 0 Å². The van der Waals surface area contributed by atoms with Gasteiger partial charge < -0.3 is 9.05 Å². The van der Waals surface area contributed by atoms with E-state index < -0.39 is 6.72 Å². The highest BCUT2D eigenvalue weighted by Gasteiger charge is 2.24. The number of rotatable bonds is 10. The second-order valence-corrected chi connectivity index (χ2v) is 8.51. The molecule has 0 radical (unpaired) electrons. The third kappa shape index (κ3) is 6.64. The summed E-state index contributed by atoms with van der Waals surface area (Å²) in [5, 5.41) is 0. The summed E-state index contributed by atoms with van der Waals surface area (Å²) < 4.78 is 17.8. The van der Waals surface area contributed by atoms with E-state index in [4.69, 9.17) is 25.4 Å². The van der Waals surface area contributed by atoms with Crippen LogP contribution in [0.3, 0.4) is 0 Å². The third-order valence-corrected chi connectivity index (χ3v) is 5.58. The Kier molecular flexibility index (Phi) is 7.77. The fourth-order valence-electron chi connectivity index (χ4n) is 2.12. The molecule has 1 unspecified atom stereocenters. The average molecular weight is 364 g/mol. The first-order chi connectivity index (χ1) is 11.6. The summed E-state index contributed by atoms with van der Waals surface area (Å²) in [6.45, 7) is 1.88. The van der Waals surface area contributed by atoms with Crippen LogP contribution in [-0.4, -0.2) is 6.61 Å². The number of hydrogen-bond acceptors (Lipinski definition) is 4. The molecule has 5 heteroatoms. The molecule has 0 bridgehead atoms. The summed E-state index contributed by atoms with van der Waals surface area (Å²) in [5.41, 5.74) is 1.17. The molecule has 0 N–H and O–H groups in total. The quantitative estimate of drug-likeness (QED) is 0.367. The molecule has 2 aromatic rings. The van der Waals surface area contributed by atoms with Gasteiger partial charge in [0.05, 0.1) is 6.61 Å². The fraction of sp³-hybridized carbons (Fsp3) is 0.368. The summed E-state index contributed by atoms with van der Waals surface area (Å²) in [5.74, 6) is 1.34. The monoisotopic (exact) mass is 364 g/mol. The van der Waals surface area contributed by atoms with Crippen molar-refractivity contribution in [3.63, 3.8) is 0 Å². The van der Waals surface area contributed by atoms with Crippen molar-refractivity contribution in [2.45, 2.75) is 39.5 Å². The molecule has 1 atom stereocenters. The first kappa shape index (κ1) is 19.0. The minimum Gasteiger partial charge on any atom is -0.416 e. The van der Waals surface area contributed by atoms with Crippen molar-refractivity contribution in [1.82, 2.24) is 0 Å². The Morgan fingerprint density at radius 2 is 1.46 bits per heavy atom. The van der Waals surface area contributed by atoms with E-state index in [-0.39, 0.29) is 0 Å². The zero-order chi connectivity index (χ0) is 17.3. The molecule has 2 rings (SSSR count). The average Bonchev–Trinajstić information content (AvgIpc) is 2.58. The molecule has 0 amide bonds. The van der Waals surface area contributed by atoms with Crippen molar-refractivity contribution < 1.29 is 13.6 Å². The van der Waals surface area contributed by atoms with Crippen LogP contribution in [0, 0.1) is 6.92 Å². The van der Waals surface area contributed by atoms with E-state index in [1.807, 2.05) is 61.5 Å². The standard InChI is InChI=1S/C19H25O3PS/c1-3-4-5-9-16-20-23(24,21-18-10-7-6-8-11-18)22-19-14-12-17(2)13-15-19/h6-8,10-15H,3-5,9,16H2,1-2H3. The van der Waals surface area contributed by atoms with Crippen molar-refractivity contribution in [2.24, 2.45) is 0 Å². The summed E-state index contributed by atoms with van der Waals surface area (Å²) in [4.78, 5) is 0. The molecule has 130 valence electrons. The molecule has 0 heterocycles. The molecule has 24 heavy (non-hydrogen) atoms. The molecule has 0 aliphatic heterocycles. The Balaban J connectivity index is 2.04. The lowest BCUT2D eigenvalue weighted by Gasteiger charge is -2.23. The van der Waals surface area contributed by atoms with Crippen LogP contribution in [0.4, 0.5) is 0 Å². The zero-order valence-electron chi connectivity index (χ0n) is 14.3. The molecule has 0 aliphatic carbocycles. The maximum Gasteiger partial charge on any atom is 0.434 e. The number of benzene rings is 2. The van der Waals surface area contributed by atoms with Crippen molar-refractivity contribution in [3.8, 4) is 11.5 Å². The normalized spacial score (nSPS) is 13.2. The second kappa shape index (κ2) is 9.83. The number of para-hydroxylation sites is 1. The Morgan fingerprint density at radius 3 is 2.08 bits per heavy atom. The first-order valence-corrected chi connectivity index (χ1v) is 10.9. The van der Waals surface area contributed by atoms with E-state index >= 15 is 0 Å². The topological polar surface area (TPSA) is 27.7 Å². The largest absolute Gasteiger partial charge is 0.434 e. The summed E-state index contributed by atoms with van der Waals surface area (Å²) in [6, 6.07) is 17.2. The predicted molar refractivity (Wildman–Crippen MR) is 103 cm³/mol. The van der Waals surface area contributed by atoms with Crippen LogP contribution in [0.5, 0.6) is 11.5 Å². The van der Waals surface area contributed by atoms with Crippen molar-refractivity contribution >= 4 is 18.5 Å². The molecule has 0 fully saturated rings. The van der Waals surface area contributed by atoms with Crippen LogP contribution in [0.25, 0.3) is 0 Å². The molecule has 0 saturated carbocycles. The van der Waals surface area contributed by atoms with Gasteiger partial charge in [0.1, 0.15) is 11.5 Å². The SMILES string of the molecule is CCCCCCOP(=S)(Oc1ccccc1)Oc1ccc(C)cc1. The van der Waals surface area contributed by atoms with Gasteiger partial charge in [0.15, 0.2) is 0 Å². The highest BCUT2D eigenvalue weighted by Crippen LogP contribution is 2.50. The van der Waals surface area contributed by atoms with Crippen LogP contribution in [-0.2, 0) is 16.3 Å². The van der Waals surface area contributed by atoms with Gasteiger partial charge in [0, 0.05) is 11.8 Å². The van der Waals surface area contributed by atoms with Crippen molar-refractivity contribution in [2.75, 3.05) is 6.61 Å². The number of hydrogen-bond donors (Lipinski definition) is 0. The maximum absolute atomic E-state index is 5.95. The van der Waals surface area contributed by atoms with Crippen LogP contribution in [0.15, 0.2) is 54.6 Å². The van der Waals surface area contributed by atoms with Crippen molar-refractivity contribution in [1.29, 1.82) is 0 Å². The summed E-state index contributed by atoms with van der Waals surface area (Å²) in [7, 11) is 0. The molecule has 2 aromatic carbocycles. The van der Waals surface area contributed by atoms with Gasteiger partial charge in [0.2, 0.25) is 0 Å². The Morgan fingerprint density at radius 1 is 0.833 bits per heavy atom. The minimum atomic E-state index is -2.89. The lowest BCUT2D eigenvalue weighted by atomic mass is 10.2. The van der Waals surface area contributed by atoms with Crippen LogP contribution in [0.1, 0.15) is 38.2 Å². The minimum absolute atomic E-state index is 0.552. The van der Waals surface area contributed by atoms with E-state index in [2.05, 4.69) is 6.92 Å². The van der Waals surface area contributed by atoms with Crippen LogP contribution < -0.4 is 9.05 Å². The lowest BCUT2D eigenvalue weighted by Crippen LogP contribution is -2.06. The third-order valence-electron chi connectivity index (χ3n) is 3.45. The van der Waals surface area contributed by atoms with E-state index in [0.29, 0.717) is 18.1 Å². The van der Waals surface area contributed by atoms with E-state index in [1.165, 1.54) is 18.4 Å². The van der Waals surface area contributed by atoms with Gasteiger partial charge in [-0.2, -0.15) is 0 Å². The maximum atomic E-state index is 5.95. The van der Waals surface area contributed by atoms with Crippen LogP contribution >= 0.6 is 6.72 Å². The van der Waals surface area contributed by atoms with Gasteiger partial charge in [-0.05, 0) is 37.6 Å². The van der Waals surface area contributed by atoms with Gasteiger partial charge in [-0.3, -0.25) is 4.52 Å². The molecule has 3 nitrogen and oxygen atoms in total. The van der Waals surface area contributed by atoms with Crippen molar-refractivity contribution in [3.05, 3.63) is 60.2 Å². The first-order valence-electron chi connectivity index (χ1n) is 8.37. The Labute approximate surface area is 150 Å². The highest BCUT2D eigenvalue weighted by atomic mass is 32.5. The summed E-state index contributed by atoms with van der Waals surface area (Å²) >= 11 is 5.62. The van der Waals surface area contributed by atoms with E-state index in [9.17, 15) is 0 Å². The fourth-order valence-corrected chi connectivity index (χ4v) is 4.11. The van der Waals surface area contributed by atoms with Crippen LogP contribution in [0.2, 0.25) is 0 Å². The lowest BCUT2D eigenvalue weighted by molar-refractivity contribution is 0.255. The zero-order valence-corrected chi connectivity index (χ0v) is 16.0. The van der Waals surface area contributed by atoms with Gasteiger partial charge in [-0.15, -0.1) is 0 Å². The Hall–Kier alpha value is -1.35. The van der Waals surface area contributed by atoms with Gasteiger partial charge >= 0.3 is 6.72 Å². The second-order valence-electron chi connectivity index (χ2n) is 5.65. The van der Waals surface area contributed by atoms with Gasteiger partial charge in [-0.1, -0.05) is 62.1 Å². The van der Waals surface area contributed by atoms with E-state index in [0.717, 1.165) is 12.8 Å². The number of unbranched alkanes of at least 4 members (excludes halogenated alkanes) is 3.